The van der Waals surface area contributed by atoms with Crippen LogP contribution in [0.2, 0.25) is 0 Å². The van der Waals surface area contributed by atoms with Crippen molar-refractivity contribution in [2.75, 3.05) is 5.32 Å². The average molecular weight is 349 g/mol. The molecular weight excluding hydrogens is 338 g/mol. The van der Waals surface area contributed by atoms with E-state index in [1.54, 1.807) is 24.3 Å². The van der Waals surface area contributed by atoms with Crippen LogP contribution < -0.4 is 10.9 Å². The van der Waals surface area contributed by atoms with E-state index in [4.69, 9.17) is 4.42 Å². The van der Waals surface area contributed by atoms with Crippen LogP contribution in [0.5, 0.6) is 0 Å². The highest BCUT2D eigenvalue weighted by Crippen LogP contribution is 2.26. The topological polar surface area (TPSA) is 85.1 Å². The predicted molar refractivity (Wildman–Crippen MR) is 95.8 cm³/mol. The Hall–Kier alpha value is -3.32. The number of rotatable bonds is 3. The lowest BCUT2D eigenvalue weighted by molar-refractivity contribution is 0.102. The SMILES string of the molecule is O=C(Nc1nnc(-c2ccccc2)s1)c1cc2ccccc2oc1=O. The molecule has 4 rings (SSSR count). The molecule has 0 saturated heterocycles. The number of benzene rings is 2. The first kappa shape index (κ1) is 15.2. The summed E-state index contributed by atoms with van der Waals surface area (Å²) in [6.45, 7) is 0. The number of anilines is 1. The number of para-hydroxylation sites is 1. The van der Waals surface area contributed by atoms with E-state index in [0.717, 1.165) is 5.56 Å². The van der Waals surface area contributed by atoms with Crippen LogP contribution >= 0.6 is 11.3 Å². The second-order valence-corrected chi connectivity index (χ2v) is 6.20. The summed E-state index contributed by atoms with van der Waals surface area (Å²) in [5, 5.41) is 12.3. The van der Waals surface area contributed by atoms with Crippen LogP contribution in [0.15, 0.2) is 69.9 Å². The summed E-state index contributed by atoms with van der Waals surface area (Å²) in [7, 11) is 0. The van der Waals surface area contributed by atoms with Crippen molar-refractivity contribution in [1.29, 1.82) is 0 Å². The Balaban J connectivity index is 1.61. The Labute approximate surface area is 145 Å². The molecule has 0 unspecified atom stereocenters. The molecule has 0 radical (unpaired) electrons. The standard InChI is InChI=1S/C18H11N3O3S/c22-15(13-10-12-8-4-5-9-14(12)24-17(13)23)19-18-21-20-16(25-18)11-6-2-1-3-7-11/h1-10H,(H,19,21,22). The van der Waals surface area contributed by atoms with Gasteiger partial charge in [0.25, 0.3) is 5.91 Å². The molecule has 0 aliphatic heterocycles. The van der Waals surface area contributed by atoms with Gasteiger partial charge in [-0.3, -0.25) is 10.1 Å². The number of carbonyl (C=O) groups is 1. The molecule has 1 amide bonds. The molecule has 0 spiro atoms. The van der Waals surface area contributed by atoms with Gasteiger partial charge in [0.2, 0.25) is 5.13 Å². The van der Waals surface area contributed by atoms with Crippen LogP contribution in [0, 0.1) is 0 Å². The molecule has 0 fully saturated rings. The Morgan fingerprint density at radius 1 is 1.00 bits per heavy atom. The van der Waals surface area contributed by atoms with E-state index >= 15 is 0 Å². The van der Waals surface area contributed by atoms with Gasteiger partial charge in [0.15, 0.2) is 0 Å². The van der Waals surface area contributed by atoms with Gasteiger partial charge in [0.05, 0.1) is 0 Å². The lowest BCUT2D eigenvalue weighted by atomic mass is 10.2. The van der Waals surface area contributed by atoms with Gasteiger partial charge >= 0.3 is 5.63 Å². The summed E-state index contributed by atoms with van der Waals surface area (Å²) in [6, 6.07) is 18.0. The smallest absolute Gasteiger partial charge is 0.349 e. The molecule has 6 nitrogen and oxygen atoms in total. The van der Waals surface area contributed by atoms with Crippen LogP contribution in [-0.4, -0.2) is 16.1 Å². The number of carbonyl (C=O) groups excluding carboxylic acids is 1. The van der Waals surface area contributed by atoms with Crippen molar-refractivity contribution in [2.24, 2.45) is 0 Å². The van der Waals surface area contributed by atoms with Crippen molar-refractivity contribution in [1.82, 2.24) is 10.2 Å². The number of hydrogen-bond acceptors (Lipinski definition) is 6. The minimum atomic E-state index is -0.691. The molecule has 4 aromatic rings. The van der Waals surface area contributed by atoms with Crippen molar-refractivity contribution in [3.05, 3.63) is 76.6 Å². The van der Waals surface area contributed by atoms with Crippen LogP contribution in [0.3, 0.4) is 0 Å². The van der Waals surface area contributed by atoms with Crippen molar-refractivity contribution >= 4 is 33.3 Å². The molecule has 2 aromatic heterocycles. The number of nitrogens with zero attached hydrogens (tertiary/aromatic N) is 2. The van der Waals surface area contributed by atoms with Gasteiger partial charge in [-0.2, -0.15) is 0 Å². The van der Waals surface area contributed by atoms with E-state index < -0.39 is 11.5 Å². The number of nitrogens with one attached hydrogen (secondary N) is 1. The summed E-state index contributed by atoms with van der Waals surface area (Å²) in [6.07, 6.45) is 0. The maximum atomic E-state index is 12.4. The van der Waals surface area contributed by atoms with E-state index in [1.807, 2.05) is 30.3 Å². The fraction of sp³-hybridized carbons (Fsp3) is 0. The lowest BCUT2D eigenvalue weighted by Gasteiger charge is -2.01. The largest absolute Gasteiger partial charge is 0.422 e. The molecule has 0 atom stereocenters. The maximum Gasteiger partial charge on any atom is 0.349 e. The third-order valence-electron chi connectivity index (χ3n) is 3.55. The van der Waals surface area contributed by atoms with E-state index in [-0.39, 0.29) is 5.56 Å². The highest BCUT2D eigenvalue weighted by molar-refractivity contribution is 7.18. The first-order valence-corrected chi connectivity index (χ1v) is 8.25. The highest BCUT2D eigenvalue weighted by atomic mass is 32.1. The molecular formula is C18H11N3O3S. The minimum absolute atomic E-state index is 0.0739. The fourth-order valence-electron chi connectivity index (χ4n) is 2.36. The monoisotopic (exact) mass is 349 g/mol. The second kappa shape index (κ2) is 6.29. The van der Waals surface area contributed by atoms with E-state index in [0.29, 0.717) is 21.1 Å². The fourth-order valence-corrected chi connectivity index (χ4v) is 3.10. The Bertz CT molecular complexity index is 1120. The summed E-state index contributed by atoms with van der Waals surface area (Å²) in [5.74, 6) is -0.574. The van der Waals surface area contributed by atoms with Gasteiger partial charge in [0.1, 0.15) is 16.2 Å². The van der Waals surface area contributed by atoms with Crippen LogP contribution in [-0.2, 0) is 0 Å². The third-order valence-corrected chi connectivity index (χ3v) is 4.44. The zero-order chi connectivity index (χ0) is 17.2. The summed E-state index contributed by atoms with van der Waals surface area (Å²) < 4.78 is 5.18. The maximum absolute atomic E-state index is 12.4. The molecule has 0 saturated carbocycles. The first-order valence-electron chi connectivity index (χ1n) is 7.44. The second-order valence-electron chi connectivity index (χ2n) is 5.22. The zero-order valence-electron chi connectivity index (χ0n) is 12.8. The van der Waals surface area contributed by atoms with Crippen LogP contribution in [0.1, 0.15) is 10.4 Å². The molecule has 2 heterocycles. The molecule has 7 heteroatoms. The Morgan fingerprint density at radius 3 is 2.60 bits per heavy atom. The molecule has 0 aliphatic carbocycles. The number of aromatic nitrogens is 2. The van der Waals surface area contributed by atoms with Crippen molar-refractivity contribution in [3.63, 3.8) is 0 Å². The molecule has 122 valence electrons. The van der Waals surface area contributed by atoms with Gasteiger partial charge in [-0.15, -0.1) is 10.2 Å². The van der Waals surface area contributed by atoms with Crippen molar-refractivity contribution in [2.45, 2.75) is 0 Å². The molecule has 1 N–H and O–H groups in total. The van der Waals surface area contributed by atoms with Gasteiger partial charge in [-0.1, -0.05) is 59.9 Å². The lowest BCUT2D eigenvalue weighted by Crippen LogP contribution is -2.20. The highest BCUT2D eigenvalue weighted by Gasteiger charge is 2.16. The zero-order valence-corrected chi connectivity index (χ0v) is 13.6. The summed E-state index contributed by atoms with van der Waals surface area (Å²) in [5.41, 5.74) is 0.580. The van der Waals surface area contributed by atoms with Crippen molar-refractivity contribution < 1.29 is 9.21 Å². The molecule has 0 aliphatic rings. The average Bonchev–Trinajstić information content (AvgIpc) is 3.10. The Kier molecular flexibility index (Phi) is 3.83. The van der Waals surface area contributed by atoms with E-state index in [2.05, 4.69) is 15.5 Å². The van der Waals surface area contributed by atoms with E-state index in [9.17, 15) is 9.59 Å². The van der Waals surface area contributed by atoms with Gasteiger partial charge in [-0.25, -0.2) is 4.79 Å². The molecule has 0 bridgehead atoms. The van der Waals surface area contributed by atoms with Crippen molar-refractivity contribution in [3.8, 4) is 10.6 Å². The van der Waals surface area contributed by atoms with Gasteiger partial charge in [-0.05, 0) is 12.1 Å². The first-order chi connectivity index (χ1) is 12.2. The predicted octanol–water partition coefficient (Wildman–Crippen LogP) is 3.56. The summed E-state index contributed by atoms with van der Waals surface area (Å²) >= 11 is 1.23. The van der Waals surface area contributed by atoms with Gasteiger partial charge in [0, 0.05) is 10.9 Å². The third kappa shape index (κ3) is 3.05. The van der Waals surface area contributed by atoms with Crippen LogP contribution in [0.4, 0.5) is 5.13 Å². The number of amides is 1. The molecule has 25 heavy (non-hydrogen) atoms. The molecule has 2 aromatic carbocycles. The number of fused-ring (bicyclic) bond motifs is 1. The quantitative estimate of drug-likeness (QED) is 0.572. The normalized spacial score (nSPS) is 10.7. The minimum Gasteiger partial charge on any atom is -0.422 e. The van der Waals surface area contributed by atoms with Crippen LogP contribution in [0.25, 0.3) is 21.5 Å². The summed E-state index contributed by atoms with van der Waals surface area (Å²) in [4.78, 5) is 24.4. The Morgan fingerprint density at radius 2 is 1.76 bits per heavy atom. The van der Waals surface area contributed by atoms with E-state index in [1.165, 1.54) is 17.4 Å². The number of hydrogen-bond donors (Lipinski definition) is 1. The van der Waals surface area contributed by atoms with Gasteiger partial charge < -0.3 is 4.42 Å².